The minimum atomic E-state index is -3.93. The number of hydrogen-bond acceptors (Lipinski definition) is 6. The van der Waals surface area contributed by atoms with E-state index in [-0.39, 0.29) is 59.6 Å². The van der Waals surface area contributed by atoms with E-state index in [0.29, 0.717) is 5.69 Å². The highest BCUT2D eigenvalue weighted by Gasteiger charge is 2.36. The standard InChI is InChI=1S/C26H32FN3O6S/c1-16-13-30(17(2)15-31)26(33)22-12-20(28-25(32)18-4-5-18)8-11-23(22)36-24(16)14-29(3)37(34,35)21-9-6-19(27)7-10-21/h6-12,16-18,24,31H,4-5,13-15H2,1-3H3,(H,28,32)/t16-,17-,24-/m0/s1. The number of nitrogens with zero attached hydrogens (tertiary/aromatic N) is 2. The summed E-state index contributed by atoms with van der Waals surface area (Å²) >= 11 is 0. The van der Waals surface area contributed by atoms with E-state index >= 15 is 0 Å². The van der Waals surface area contributed by atoms with E-state index in [2.05, 4.69) is 5.32 Å². The molecule has 0 saturated heterocycles. The molecule has 2 aliphatic rings. The van der Waals surface area contributed by atoms with Crippen LogP contribution in [0.4, 0.5) is 10.1 Å². The van der Waals surface area contributed by atoms with Crippen molar-refractivity contribution >= 4 is 27.5 Å². The van der Waals surface area contributed by atoms with Crippen LogP contribution in [0.1, 0.15) is 37.0 Å². The maximum atomic E-state index is 13.5. The summed E-state index contributed by atoms with van der Waals surface area (Å²) in [7, 11) is -2.51. The summed E-state index contributed by atoms with van der Waals surface area (Å²) in [6.07, 6.45) is 1.04. The second-order valence-corrected chi connectivity index (χ2v) is 11.9. The van der Waals surface area contributed by atoms with Gasteiger partial charge in [-0.25, -0.2) is 12.8 Å². The summed E-state index contributed by atoms with van der Waals surface area (Å²) in [4.78, 5) is 27.3. The first-order valence-electron chi connectivity index (χ1n) is 12.3. The van der Waals surface area contributed by atoms with Crippen LogP contribution in [-0.2, 0) is 14.8 Å². The number of sulfonamides is 1. The second kappa shape index (κ2) is 10.8. The van der Waals surface area contributed by atoms with E-state index in [1.807, 2.05) is 6.92 Å². The molecule has 11 heteroatoms. The van der Waals surface area contributed by atoms with Crippen molar-refractivity contribution in [3.63, 3.8) is 0 Å². The van der Waals surface area contributed by atoms with Crippen molar-refractivity contribution in [1.82, 2.24) is 9.21 Å². The Balaban J connectivity index is 1.64. The van der Waals surface area contributed by atoms with Gasteiger partial charge in [0.25, 0.3) is 5.91 Å². The number of rotatable bonds is 8. The third-order valence-electron chi connectivity index (χ3n) is 6.84. The minimum Gasteiger partial charge on any atom is -0.488 e. The number of fused-ring (bicyclic) bond motifs is 1. The molecule has 0 spiro atoms. The largest absolute Gasteiger partial charge is 0.488 e. The minimum absolute atomic E-state index is 0.0105. The lowest BCUT2D eigenvalue weighted by Crippen LogP contribution is -2.50. The van der Waals surface area contributed by atoms with Gasteiger partial charge in [0.15, 0.2) is 0 Å². The van der Waals surface area contributed by atoms with Crippen LogP contribution in [0.5, 0.6) is 5.75 Å². The maximum absolute atomic E-state index is 13.5. The first-order chi connectivity index (χ1) is 17.5. The lowest BCUT2D eigenvalue weighted by molar-refractivity contribution is -0.117. The van der Waals surface area contributed by atoms with E-state index in [1.165, 1.54) is 19.2 Å². The molecular weight excluding hydrogens is 501 g/mol. The van der Waals surface area contributed by atoms with Crippen LogP contribution < -0.4 is 10.1 Å². The van der Waals surface area contributed by atoms with E-state index in [0.717, 1.165) is 29.3 Å². The zero-order valence-corrected chi connectivity index (χ0v) is 21.9. The molecule has 0 unspecified atom stereocenters. The lowest BCUT2D eigenvalue weighted by atomic mass is 9.99. The molecule has 3 atom stereocenters. The fourth-order valence-corrected chi connectivity index (χ4v) is 5.43. The number of aliphatic hydroxyl groups is 1. The summed E-state index contributed by atoms with van der Waals surface area (Å²) < 4.78 is 46.9. The van der Waals surface area contributed by atoms with Crippen molar-refractivity contribution in [1.29, 1.82) is 0 Å². The van der Waals surface area contributed by atoms with Crippen molar-refractivity contribution < 1.29 is 32.2 Å². The highest BCUT2D eigenvalue weighted by Crippen LogP contribution is 2.33. The number of likely N-dealkylation sites (N-methyl/N-ethyl adjacent to an activating group) is 1. The van der Waals surface area contributed by atoms with Gasteiger partial charge in [-0.15, -0.1) is 0 Å². The van der Waals surface area contributed by atoms with Gasteiger partial charge in [0.1, 0.15) is 17.7 Å². The predicted octanol–water partition coefficient (Wildman–Crippen LogP) is 2.72. The monoisotopic (exact) mass is 533 g/mol. The Bertz CT molecular complexity index is 1270. The van der Waals surface area contributed by atoms with Gasteiger partial charge in [-0.05, 0) is 62.2 Å². The van der Waals surface area contributed by atoms with Crippen molar-refractivity contribution in [3.8, 4) is 5.75 Å². The van der Waals surface area contributed by atoms with Crippen LogP contribution in [-0.4, -0.2) is 73.4 Å². The number of aliphatic hydroxyl groups excluding tert-OH is 1. The number of carbonyl (C=O) groups is 2. The van der Waals surface area contributed by atoms with Gasteiger partial charge < -0.3 is 20.1 Å². The average molecular weight is 534 g/mol. The Labute approximate surface area is 216 Å². The quantitative estimate of drug-likeness (QED) is 0.539. The molecular formula is C26H32FN3O6S. The van der Waals surface area contributed by atoms with Gasteiger partial charge in [0, 0.05) is 31.1 Å². The number of carbonyl (C=O) groups excluding carboxylic acids is 2. The molecule has 1 saturated carbocycles. The molecule has 200 valence electrons. The Morgan fingerprint density at radius 1 is 1.24 bits per heavy atom. The zero-order valence-electron chi connectivity index (χ0n) is 21.1. The zero-order chi connectivity index (χ0) is 26.9. The molecule has 4 rings (SSSR count). The summed E-state index contributed by atoms with van der Waals surface area (Å²) in [6, 6.07) is 8.90. The summed E-state index contributed by atoms with van der Waals surface area (Å²) in [6.45, 7) is 3.51. The number of benzene rings is 2. The summed E-state index contributed by atoms with van der Waals surface area (Å²) in [5.41, 5.74) is 0.681. The number of halogens is 1. The van der Waals surface area contributed by atoms with Crippen molar-refractivity contribution in [3.05, 3.63) is 53.8 Å². The van der Waals surface area contributed by atoms with Crippen molar-refractivity contribution in [2.75, 3.05) is 32.1 Å². The first-order valence-corrected chi connectivity index (χ1v) is 13.7. The van der Waals surface area contributed by atoms with Crippen LogP contribution in [0.25, 0.3) is 0 Å². The van der Waals surface area contributed by atoms with Crippen molar-refractivity contribution in [2.45, 2.75) is 43.7 Å². The van der Waals surface area contributed by atoms with Gasteiger partial charge in [0.2, 0.25) is 15.9 Å². The predicted molar refractivity (Wildman–Crippen MR) is 135 cm³/mol. The molecule has 1 aliphatic heterocycles. The van der Waals surface area contributed by atoms with Crippen LogP contribution in [0.15, 0.2) is 47.4 Å². The molecule has 9 nitrogen and oxygen atoms in total. The second-order valence-electron chi connectivity index (χ2n) is 9.84. The molecule has 2 aromatic rings. The molecule has 1 fully saturated rings. The molecule has 2 aromatic carbocycles. The number of amides is 2. The van der Waals surface area contributed by atoms with E-state index in [4.69, 9.17) is 4.74 Å². The van der Waals surface area contributed by atoms with E-state index in [1.54, 1.807) is 30.0 Å². The van der Waals surface area contributed by atoms with Gasteiger partial charge >= 0.3 is 0 Å². The number of nitrogens with one attached hydrogen (secondary N) is 1. The smallest absolute Gasteiger partial charge is 0.258 e. The van der Waals surface area contributed by atoms with Crippen LogP contribution in [0.3, 0.4) is 0 Å². The Kier molecular flexibility index (Phi) is 7.86. The molecule has 0 aromatic heterocycles. The Hall–Kier alpha value is -3.02. The molecule has 0 bridgehead atoms. The average Bonchev–Trinajstić information content (AvgIpc) is 3.72. The van der Waals surface area contributed by atoms with Crippen LogP contribution in [0, 0.1) is 17.7 Å². The van der Waals surface area contributed by atoms with Gasteiger partial charge in [-0.3, -0.25) is 9.59 Å². The highest BCUT2D eigenvalue weighted by atomic mass is 32.2. The topological polar surface area (TPSA) is 116 Å². The lowest BCUT2D eigenvalue weighted by Gasteiger charge is -2.38. The first kappa shape index (κ1) is 27.0. The van der Waals surface area contributed by atoms with Gasteiger partial charge in [-0.1, -0.05) is 6.92 Å². The van der Waals surface area contributed by atoms with Gasteiger partial charge in [-0.2, -0.15) is 4.31 Å². The molecule has 2 N–H and O–H groups in total. The normalized spacial score (nSPS) is 21.0. The summed E-state index contributed by atoms with van der Waals surface area (Å²) in [5.74, 6) is -1.04. The van der Waals surface area contributed by atoms with E-state index in [9.17, 15) is 27.5 Å². The number of hydrogen-bond donors (Lipinski definition) is 2. The fraction of sp³-hybridized carbons (Fsp3) is 0.462. The highest BCUT2D eigenvalue weighted by molar-refractivity contribution is 7.89. The third-order valence-corrected chi connectivity index (χ3v) is 8.68. The summed E-state index contributed by atoms with van der Waals surface area (Å²) in [5, 5.41) is 12.6. The molecule has 1 aliphatic carbocycles. The van der Waals surface area contributed by atoms with Crippen LogP contribution >= 0.6 is 0 Å². The number of anilines is 1. The van der Waals surface area contributed by atoms with Crippen LogP contribution in [0.2, 0.25) is 0 Å². The molecule has 1 heterocycles. The Morgan fingerprint density at radius 3 is 2.54 bits per heavy atom. The SMILES string of the molecule is C[C@H]1CN([C@@H](C)CO)C(=O)c2cc(NC(=O)C3CC3)ccc2O[C@H]1CN(C)S(=O)(=O)c1ccc(F)cc1. The molecule has 0 radical (unpaired) electrons. The molecule has 37 heavy (non-hydrogen) atoms. The maximum Gasteiger partial charge on any atom is 0.258 e. The fourth-order valence-electron chi connectivity index (χ4n) is 4.25. The van der Waals surface area contributed by atoms with E-state index < -0.39 is 28.0 Å². The van der Waals surface area contributed by atoms with Crippen molar-refractivity contribution in [2.24, 2.45) is 11.8 Å². The third kappa shape index (κ3) is 5.94. The number of ether oxygens (including phenoxy) is 1. The van der Waals surface area contributed by atoms with Gasteiger partial charge in [0.05, 0.1) is 29.7 Å². The molecule has 2 amide bonds. The Morgan fingerprint density at radius 2 is 1.92 bits per heavy atom.